The lowest BCUT2D eigenvalue weighted by atomic mass is 10.0. The first-order valence-corrected chi connectivity index (χ1v) is 7.00. The smallest absolute Gasteiger partial charge is 0.0649 e. The zero-order valence-electron chi connectivity index (χ0n) is 10.9. The van der Waals surface area contributed by atoms with Crippen LogP contribution in [0.25, 0.3) is 0 Å². The van der Waals surface area contributed by atoms with Gasteiger partial charge in [0.1, 0.15) is 0 Å². The first kappa shape index (κ1) is 14.1. The summed E-state index contributed by atoms with van der Waals surface area (Å²) in [5, 5.41) is 1.32. The Hall–Kier alpha value is -0.350. The first-order chi connectivity index (χ1) is 8.58. The minimum Gasteiger partial charge on any atom is -0.305 e. The summed E-state index contributed by atoms with van der Waals surface area (Å²) in [6.45, 7) is 2.99. The van der Waals surface area contributed by atoms with Crippen molar-refractivity contribution >= 4 is 23.2 Å². The molecule has 2 rings (SSSR count). The van der Waals surface area contributed by atoms with E-state index in [4.69, 9.17) is 23.2 Å². The average molecular weight is 288 g/mol. The van der Waals surface area contributed by atoms with Gasteiger partial charge in [0.05, 0.1) is 10.0 Å². The number of piperidine rings is 1. The molecular weight excluding hydrogens is 269 g/mol. The van der Waals surface area contributed by atoms with E-state index in [9.17, 15) is 0 Å². The fourth-order valence-electron chi connectivity index (χ4n) is 2.41. The molecule has 0 unspecified atom stereocenters. The van der Waals surface area contributed by atoms with Crippen molar-refractivity contribution in [2.75, 3.05) is 27.2 Å². The van der Waals surface area contributed by atoms with Crippen molar-refractivity contribution in [3.05, 3.63) is 28.0 Å². The largest absolute Gasteiger partial charge is 0.305 e. The molecule has 1 aliphatic rings. The number of likely N-dealkylation sites (tertiary alicyclic amines) is 1. The highest BCUT2D eigenvalue weighted by atomic mass is 35.5. The zero-order chi connectivity index (χ0) is 13.1. The van der Waals surface area contributed by atoms with Crippen molar-refractivity contribution < 1.29 is 0 Å². The minimum atomic E-state index is 0.623. The number of halogens is 2. The Balaban J connectivity index is 2.05. The highest BCUT2D eigenvalue weighted by Crippen LogP contribution is 2.26. The van der Waals surface area contributed by atoms with Crippen molar-refractivity contribution in [3.8, 4) is 0 Å². The molecule has 0 amide bonds. The molecule has 0 N–H and O–H groups in total. The molecule has 100 valence electrons. The number of hydrogen-bond acceptors (Lipinski definition) is 3. The lowest BCUT2D eigenvalue weighted by molar-refractivity contribution is 0.128. The molecule has 0 spiro atoms. The third-order valence-corrected chi connectivity index (χ3v) is 4.20. The Labute approximate surface area is 119 Å². The second kappa shape index (κ2) is 6.20. The van der Waals surface area contributed by atoms with E-state index in [-0.39, 0.29) is 0 Å². The van der Waals surface area contributed by atoms with Crippen LogP contribution in [-0.4, -0.2) is 48.0 Å². The van der Waals surface area contributed by atoms with E-state index >= 15 is 0 Å². The number of likely N-dealkylation sites (N-methyl/N-ethyl adjacent to an activating group) is 1. The van der Waals surface area contributed by atoms with E-state index in [1.807, 2.05) is 0 Å². The molecule has 3 nitrogen and oxygen atoms in total. The second-order valence-corrected chi connectivity index (χ2v) is 5.89. The number of pyridine rings is 1. The molecule has 18 heavy (non-hydrogen) atoms. The highest BCUT2D eigenvalue weighted by molar-refractivity contribution is 6.35. The van der Waals surface area contributed by atoms with E-state index in [1.165, 1.54) is 12.8 Å². The van der Waals surface area contributed by atoms with E-state index in [0.717, 1.165) is 25.2 Å². The Kier molecular flexibility index (Phi) is 4.84. The summed E-state index contributed by atoms with van der Waals surface area (Å²) in [7, 11) is 4.28. The standard InChI is InChI=1S/C13H19Cl2N3/c1-17(2)10-4-3-5-18(8-10)9-11-12(14)6-16-7-13(11)15/h6-7,10H,3-5,8-9H2,1-2H3/t10-/m1/s1. The lowest BCUT2D eigenvalue weighted by Gasteiger charge is -2.36. The summed E-state index contributed by atoms with van der Waals surface area (Å²) in [5.74, 6) is 0. The molecule has 0 radical (unpaired) electrons. The van der Waals surface area contributed by atoms with Crippen molar-refractivity contribution in [1.82, 2.24) is 14.8 Å². The van der Waals surface area contributed by atoms with E-state index in [2.05, 4.69) is 28.9 Å². The van der Waals surface area contributed by atoms with Crippen LogP contribution in [0.5, 0.6) is 0 Å². The molecule has 1 saturated heterocycles. The Morgan fingerprint density at radius 2 is 2.00 bits per heavy atom. The van der Waals surface area contributed by atoms with Gasteiger partial charge in [0, 0.05) is 37.1 Å². The molecule has 5 heteroatoms. The van der Waals surface area contributed by atoms with Gasteiger partial charge in [0.2, 0.25) is 0 Å². The Morgan fingerprint density at radius 3 is 2.61 bits per heavy atom. The molecule has 2 heterocycles. The summed E-state index contributed by atoms with van der Waals surface area (Å²) in [6, 6.07) is 0.623. The third kappa shape index (κ3) is 3.35. The maximum Gasteiger partial charge on any atom is 0.0649 e. The van der Waals surface area contributed by atoms with Gasteiger partial charge in [0.15, 0.2) is 0 Å². The number of rotatable bonds is 3. The van der Waals surface area contributed by atoms with E-state index in [0.29, 0.717) is 16.1 Å². The maximum atomic E-state index is 6.16. The molecule has 1 aliphatic heterocycles. The predicted octanol–water partition coefficient (Wildman–Crippen LogP) is 2.91. The first-order valence-electron chi connectivity index (χ1n) is 6.24. The number of aromatic nitrogens is 1. The van der Waals surface area contributed by atoms with Crippen LogP contribution in [-0.2, 0) is 6.54 Å². The van der Waals surface area contributed by atoms with Crippen molar-refractivity contribution in [1.29, 1.82) is 0 Å². The van der Waals surface area contributed by atoms with Crippen molar-refractivity contribution in [2.45, 2.75) is 25.4 Å². The molecule has 1 fully saturated rings. The molecule has 0 aromatic carbocycles. The number of hydrogen-bond donors (Lipinski definition) is 0. The summed E-state index contributed by atoms with van der Waals surface area (Å²) >= 11 is 12.3. The van der Waals surface area contributed by atoms with Crippen LogP contribution in [0.15, 0.2) is 12.4 Å². The Bertz CT molecular complexity index is 389. The van der Waals surface area contributed by atoms with Gasteiger partial charge in [-0.1, -0.05) is 23.2 Å². The normalized spacial score (nSPS) is 21.5. The zero-order valence-corrected chi connectivity index (χ0v) is 12.4. The molecular formula is C13H19Cl2N3. The van der Waals surface area contributed by atoms with Gasteiger partial charge in [-0.05, 0) is 33.5 Å². The van der Waals surface area contributed by atoms with E-state index in [1.54, 1.807) is 12.4 Å². The monoisotopic (exact) mass is 287 g/mol. The topological polar surface area (TPSA) is 19.4 Å². The summed E-state index contributed by atoms with van der Waals surface area (Å²) in [6.07, 6.45) is 5.82. The van der Waals surface area contributed by atoms with Gasteiger partial charge in [-0.3, -0.25) is 9.88 Å². The third-order valence-electron chi connectivity index (χ3n) is 3.54. The van der Waals surface area contributed by atoms with Crippen molar-refractivity contribution in [3.63, 3.8) is 0 Å². The maximum absolute atomic E-state index is 6.16. The van der Waals surface area contributed by atoms with Crippen LogP contribution < -0.4 is 0 Å². The van der Waals surface area contributed by atoms with Gasteiger partial charge in [-0.25, -0.2) is 0 Å². The molecule has 1 aromatic rings. The number of nitrogens with zero attached hydrogens (tertiary/aromatic N) is 3. The van der Waals surface area contributed by atoms with Crippen molar-refractivity contribution in [2.24, 2.45) is 0 Å². The SMILES string of the molecule is CN(C)[C@@H]1CCCN(Cc2c(Cl)cncc2Cl)C1. The van der Waals surface area contributed by atoms with E-state index < -0.39 is 0 Å². The van der Waals surface area contributed by atoms with Crippen LogP contribution in [0, 0.1) is 0 Å². The summed E-state index contributed by atoms with van der Waals surface area (Å²) in [4.78, 5) is 8.70. The summed E-state index contributed by atoms with van der Waals surface area (Å²) < 4.78 is 0. The summed E-state index contributed by atoms with van der Waals surface area (Å²) in [5.41, 5.74) is 0.993. The molecule has 0 saturated carbocycles. The molecule has 0 aliphatic carbocycles. The van der Waals surface area contributed by atoms with Crippen LogP contribution in [0.3, 0.4) is 0 Å². The Morgan fingerprint density at radius 1 is 1.33 bits per heavy atom. The second-order valence-electron chi connectivity index (χ2n) is 5.08. The van der Waals surface area contributed by atoms with Gasteiger partial charge >= 0.3 is 0 Å². The van der Waals surface area contributed by atoms with Gasteiger partial charge in [0.25, 0.3) is 0 Å². The fraction of sp³-hybridized carbons (Fsp3) is 0.615. The molecule has 0 bridgehead atoms. The van der Waals surface area contributed by atoms with Crippen LogP contribution in [0.2, 0.25) is 10.0 Å². The van der Waals surface area contributed by atoms with Gasteiger partial charge in [-0.15, -0.1) is 0 Å². The molecule has 1 aromatic heterocycles. The molecule has 1 atom stereocenters. The van der Waals surface area contributed by atoms with Crippen LogP contribution in [0.1, 0.15) is 18.4 Å². The van der Waals surface area contributed by atoms with Gasteiger partial charge < -0.3 is 4.90 Å². The average Bonchev–Trinajstić information content (AvgIpc) is 2.34. The van der Waals surface area contributed by atoms with Crippen LogP contribution in [0.4, 0.5) is 0 Å². The minimum absolute atomic E-state index is 0.623. The quantitative estimate of drug-likeness (QED) is 0.852. The van der Waals surface area contributed by atoms with Crippen LogP contribution >= 0.6 is 23.2 Å². The highest BCUT2D eigenvalue weighted by Gasteiger charge is 2.22. The van der Waals surface area contributed by atoms with Gasteiger partial charge in [-0.2, -0.15) is 0 Å². The fourth-order valence-corrected chi connectivity index (χ4v) is 2.89. The predicted molar refractivity (Wildman–Crippen MR) is 76.2 cm³/mol. The lowest BCUT2D eigenvalue weighted by Crippen LogP contribution is -2.44.